The van der Waals surface area contributed by atoms with Crippen LogP contribution >= 0.6 is 0 Å². The predicted octanol–water partition coefficient (Wildman–Crippen LogP) is 15.8. The quantitative estimate of drug-likeness (QED) is 0.0204. The summed E-state index contributed by atoms with van der Waals surface area (Å²) in [4.78, 5) is 13.4. The third-order valence-electron chi connectivity index (χ3n) is 17.9. The number of rotatable bonds is 61. The second kappa shape index (κ2) is 60.1. The van der Waals surface area contributed by atoms with Crippen molar-refractivity contribution in [3.63, 3.8) is 0 Å². The van der Waals surface area contributed by atoms with E-state index in [9.17, 15) is 45.6 Å². The molecule has 0 aromatic rings. The molecule has 0 aromatic carbocycles. The average molecular weight is 1270 g/mol. The molecule has 2 heterocycles. The molecule has 12 atom stereocenters. The van der Waals surface area contributed by atoms with Gasteiger partial charge in [-0.2, -0.15) is 0 Å². The summed E-state index contributed by atoms with van der Waals surface area (Å²) < 4.78 is 22.9. The number of ether oxygens (including phenoxy) is 4. The Balaban J connectivity index is 1.66. The molecule has 524 valence electrons. The number of aliphatic hydroxyl groups excluding tert-OH is 8. The topological polar surface area (TPSA) is 228 Å². The van der Waals surface area contributed by atoms with Gasteiger partial charge in [-0.25, -0.2) is 0 Å². The molecule has 9 N–H and O–H groups in total. The lowest BCUT2D eigenvalue weighted by atomic mass is 9.97. The molecule has 90 heavy (non-hydrogen) atoms. The van der Waals surface area contributed by atoms with Crippen LogP contribution in [0.25, 0.3) is 0 Å². The molecule has 0 radical (unpaired) electrons. The van der Waals surface area contributed by atoms with Gasteiger partial charge in [0, 0.05) is 6.42 Å². The third kappa shape index (κ3) is 43.4. The molecule has 0 bridgehead atoms. The molecule has 0 spiro atoms. The highest BCUT2D eigenvalue weighted by Crippen LogP contribution is 2.30. The zero-order valence-electron chi connectivity index (χ0n) is 57.1. The van der Waals surface area contributed by atoms with E-state index in [0.717, 1.165) is 77.0 Å². The second-order valence-corrected chi connectivity index (χ2v) is 26.0. The zero-order valence-corrected chi connectivity index (χ0v) is 57.1. The van der Waals surface area contributed by atoms with Crippen molar-refractivity contribution in [2.75, 3.05) is 19.8 Å². The van der Waals surface area contributed by atoms with Gasteiger partial charge in [-0.1, -0.05) is 311 Å². The molecule has 0 aliphatic carbocycles. The minimum atomic E-state index is -1.79. The van der Waals surface area contributed by atoms with Crippen LogP contribution in [0, 0.1) is 0 Å². The van der Waals surface area contributed by atoms with Crippen LogP contribution in [0.5, 0.6) is 0 Å². The number of hydrogen-bond donors (Lipinski definition) is 9. The summed E-state index contributed by atoms with van der Waals surface area (Å²) in [5.74, 6) is -0.241. The van der Waals surface area contributed by atoms with Gasteiger partial charge in [0.05, 0.1) is 32.0 Å². The maximum atomic E-state index is 13.4. The lowest BCUT2D eigenvalue weighted by Crippen LogP contribution is -2.65. The van der Waals surface area contributed by atoms with Crippen LogP contribution in [0.15, 0.2) is 72.9 Å². The van der Waals surface area contributed by atoms with Gasteiger partial charge in [-0.05, 0) is 64.2 Å². The van der Waals surface area contributed by atoms with E-state index in [1.54, 1.807) is 6.08 Å². The van der Waals surface area contributed by atoms with Crippen molar-refractivity contribution in [1.82, 2.24) is 5.32 Å². The van der Waals surface area contributed by atoms with Crippen LogP contribution in [0.4, 0.5) is 0 Å². The maximum Gasteiger partial charge on any atom is 0.220 e. The monoisotopic (exact) mass is 1270 g/mol. The number of hydrogen-bond acceptors (Lipinski definition) is 13. The van der Waals surface area contributed by atoms with Gasteiger partial charge >= 0.3 is 0 Å². The van der Waals surface area contributed by atoms with E-state index in [0.29, 0.717) is 6.42 Å². The molecular formula is C76H137NO13. The van der Waals surface area contributed by atoms with Gasteiger partial charge in [-0.15, -0.1) is 0 Å². The van der Waals surface area contributed by atoms with Gasteiger partial charge in [0.2, 0.25) is 5.91 Å². The fourth-order valence-corrected chi connectivity index (χ4v) is 12.0. The number of aliphatic hydroxyl groups is 8. The van der Waals surface area contributed by atoms with E-state index >= 15 is 0 Å². The predicted molar refractivity (Wildman–Crippen MR) is 369 cm³/mol. The van der Waals surface area contributed by atoms with Crippen molar-refractivity contribution in [2.45, 2.75) is 383 Å². The standard InChI is InChI=1S/C76H137NO13/c1-3-5-7-9-11-13-15-17-19-21-23-25-27-29-31-32-34-35-37-39-41-43-45-47-49-51-53-55-57-59-65(80)64(63-87-75-73(86)71(84)74(67(62-79)89-75)90-76-72(85)70(83)69(82)66(61-78)88-76)77-68(81)60-58-56-54-52-50-48-46-44-42-40-38-36-33-30-28-26-24-22-20-18-16-14-12-10-8-6-4-2/h6,8,12,14,18,20,24,26,30,33,57,59,64-67,69-76,78-80,82-86H,3-5,7,9-11,13,15-17,19,21-23,25,27-29,31-32,34-56,58,60-63H2,1-2H3,(H,77,81)/b8-6-,14-12-,20-18-,26-24-,33-30-,59-57+. The average Bonchev–Trinajstić information content (AvgIpc) is 1.41. The lowest BCUT2D eigenvalue weighted by Gasteiger charge is -2.46. The lowest BCUT2D eigenvalue weighted by molar-refractivity contribution is -0.359. The van der Waals surface area contributed by atoms with Crippen LogP contribution in [0.2, 0.25) is 0 Å². The van der Waals surface area contributed by atoms with Crippen LogP contribution < -0.4 is 5.32 Å². The Labute approximate surface area is 548 Å². The first-order valence-electron chi connectivity index (χ1n) is 37.2. The highest BCUT2D eigenvalue weighted by Gasteiger charge is 2.51. The molecule has 2 fully saturated rings. The Kier molecular flexibility index (Phi) is 55.8. The second-order valence-electron chi connectivity index (χ2n) is 26.0. The molecule has 2 aliphatic heterocycles. The van der Waals surface area contributed by atoms with E-state index in [-0.39, 0.29) is 18.9 Å². The van der Waals surface area contributed by atoms with E-state index in [1.807, 2.05) is 6.08 Å². The van der Waals surface area contributed by atoms with Crippen molar-refractivity contribution in [3.8, 4) is 0 Å². The first-order chi connectivity index (χ1) is 44.1. The smallest absolute Gasteiger partial charge is 0.220 e. The van der Waals surface area contributed by atoms with E-state index in [2.05, 4.69) is 79.9 Å². The highest BCUT2D eigenvalue weighted by atomic mass is 16.7. The first kappa shape index (κ1) is 83.5. The van der Waals surface area contributed by atoms with Gasteiger partial charge in [0.1, 0.15) is 48.8 Å². The normalized spacial score (nSPS) is 23.3. The summed E-state index contributed by atoms with van der Waals surface area (Å²) in [6.45, 7) is 2.72. The highest BCUT2D eigenvalue weighted by molar-refractivity contribution is 5.76. The number of allylic oxidation sites excluding steroid dienone is 11. The molecule has 14 heteroatoms. The number of unbranched alkanes of at least 4 members (excludes halogenated alkanes) is 38. The first-order valence-corrected chi connectivity index (χ1v) is 37.2. The van der Waals surface area contributed by atoms with Crippen molar-refractivity contribution >= 4 is 5.91 Å². The van der Waals surface area contributed by atoms with Crippen LogP contribution in [-0.2, 0) is 23.7 Å². The maximum absolute atomic E-state index is 13.4. The summed E-state index contributed by atoms with van der Waals surface area (Å²) in [5.41, 5.74) is 0. The fourth-order valence-electron chi connectivity index (χ4n) is 12.0. The van der Waals surface area contributed by atoms with Crippen LogP contribution in [0.3, 0.4) is 0 Å². The Hall–Kier alpha value is -2.57. The molecule has 14 nitrogen and oxygen atoms in total. The van der Waals surface area contributed by atoms with Crippen LogP contribution in [-0.4, -0.2) is 140 Å². The van der Waals surface area contributed by atoms with Gasteiger partial charge in [0.15, 0.2) is 12.6 Å². The minimum Gasteiger partial charge on any atom is -0.394 e. The summed E-state index contributed by atoms with van der Waals surface area (Å²) in [6, 6.07) is -0.922. The van der Waals surface area contributed by atoms with Crippen molar-refractivity contribution in [1.29, 1.82) is 0 Å². The van der Waals surface area contributed by atoms with Crippen LogP contribution in [0.1, 0.15) is 309 Å². The summed E-state index contributed by atoms with van der Waals surface area (Å²) >= 11 is 0. The molecule has 2 aliphatic rings. The zero-order chi connectivity index (χ0) is 65.2. The molecule has 2 rings (SSSR count). The number of amides is 1. The summed E-state index contributed by atoms with van der Waals surface area (Å²) in [6.07, 6.45) is 65.3. The molecular weight excluding hydrogens is 1130 g/mol. The fraction of sp³-hybridized carbons (Fsp3) is 0.829. The largest absolute Gasteiger partial charge is 0.394 e. The Morgan fingerprint density at radius 3 is 1.18 bits per heavy atom. The Bertz CT molecular complexity index is 1790. The third-order valence-corrected chi connectivity index (χ3v) is 17.9. The SMILES string of the molecule is CC/C=C\C/C=C\C/C=C\C/C=C\C/C=C\CCCCCCCCCCCCCC(=O)NC(COC1OC(CO)C(OC2OC(CO)C(O)C(O)C2O)C(O)C1O)C(O)/C=C/CCCCCCCCCCCCCCCCCCCCCCCCCCCCC. The number of carbonyl (C=O) groups is 1. The molecule has 1 amide bonds. The molecule has 0 aromatic heterocycles. The molecule has 0 saturated carbocycles. The summed E-state index contributed by atoms with van der Waals surface area (Å²) in [7, 11) is 0. The Morgan fingerprint density at radius 1 is 0.411 bits per heavy atom. The van der Waals surface area contributed by atoms with Gasteiger partial charge < -0.3 is 65.1 Å². The Morgan fingerprint density at radius 2 is 0.767 bits per heavy atom. The van der Waals surface area contributed by atoms with E-state index in [1.165, 1.54) is 205 Å². The minimum absolute atomic E-state index is 0.241. The van der Waals surface area contributed by atoms with Crippen molar-refractivity contribution < 1.29 is 64.6 Å². The van der Waals surface area contributed by atoms with E-state index in [4.69, 9.17) is 18.9 Å². The molecule has 12 unspecified atom stereocenters. The van der Waals surface area contributed by atoms with Gasteiger partial charge in [0.25, 0.3) is 0 Å². The number of nitrogens with one attached hydrogen (secondary N) is 1. The number of carbonyl (C=O) groups excluding carboxylic acids is 1. The van der Waals surface area contributed by atoms with Gasteiger partial charge in [-0.3, -0.25) is 4.79 Å². The summed E-state index contributed by atoms with van der Waals surface area (Å²) in [5, 5.41) is 87.6. The van der Waals surface area contributed by atoms with E-state index < -0.39 is 86.8 Å². The van der Waals surface area contributed by atoms with Crippen molar-refractivity contribution in [3.05, 3.63) is 72.9 Å². The molecule has 2 saturated heterocycles. The van der Waals surface area contributed by atoms with Crippen molar-refractivity contribution in [2.24, 2.45) is 0 Å².